The summed E-state index contributed by atoms with van der Waals surface area (Å²) in [5.74, 6) is -1.24. The molecule has 0 aromatic heterocycles. The highest BCUT2D eigenvalue weighted by atomic mass is 16.5. The Bertz CT molecular complexity index is 361. The molecule has 6 nitrogen and oxygen atoms in total. The fourth-order valence-electron chi connectivity index (χ4n) is 3.16. The van der Waals surface area contributed by atoms with E-state index in [1.807, 2.05) is 0 Å². The Morgan fingerprint density at radius 2 is 1.95 bits per heavy atom. The van der Waals surface area contributed by atoms with Gasteiger partial charge in [0.1, 0.15) is 0 Å². The Hall–Kier alpha value is -1.30. The fourth-order valence-corrected chi connectivity index (χ4v) is 3.16. The first-order valence-corrected chi connectivity index (χ1v) is 7.43. The molecule has 20 heavy (non-hydrogen) atoms. The average molecular weight is 284 g/mol. The average Bonchev–Trinajstić information content (AvgIpc) is 2.48. The lowest BCUT2D eigenvalue weighted by Crippen LogP contribution is -2.53. The van der Waals surface area contributed by atoms with Crippen LogP contribution in [0.2, 0.25) is 0 Å². The number of nitrogens with zero attached hydrogens (tertiary/aromatic N) is 1. The van der Waals surface area contributed by atoms with Crippen molar-refractivity contribution < 1.29 is 19.4 Å². The molecule has 0 radical (unpaired) electrons. The number of piperidine rings is 1. The van der Waals surface area contributed by atoms with Gasteiger partial charge in [0.2, 0.25) is 0 Å². The molecule has 2 fully saturated rings. The van der Waals surface area contributed by atoms with Gasteiger partial charge in [-0.25, -0.2) is 4.79 Å². The summed E-state index contributed by atoms with van der Waals surface area (Å²) in [5.41, 5.74) is 0. The summed E-state index contributed by atoms with van der Waals surface area (Å²) < 4.78 is 5.42. The van der Waals surface area contributed by atoms with Gasteiger partial charge in [-0.2, -0.15) is 0 Å². The minimum Gasteiger partial charge on any atom is -0.481 e. The Morgan fingerprint density at radius 3 is 2.65 bits per heavy atom. The van der Waals surface area contributed by atoms with Crippen LogP contribution in [0.4, 0.5) is 4.79 Å². The molecule has 2 amide bonds. The molecule has 1 saturated carbocycles. The number of carboxylic acid groups (broad SMARTS) is 1. The van der Waals surface area contributed by atoms with Crippen LogP contribution in [0.5, 0.6) is 0 Å². The van der Waals surface area contributed by atoms with Crippen LogP contribution in [-0.4, -0.2) is 54.4 Å². The van der Waals surface area contributed by atoms with Crippen molar-refractivity contribution >= 4 is 12.0 Å². The van der Waals surface area contributed by atoms with Gasteiger partial charge in [0.15, 0.2) is 0 Å². The molecule has 1 aliphatic heterocycles. The van der Waals surface area contributed by atoms with E-state index in [1.165, 1.54) is 0 Å². The second-order valence-electron chi connectivity index (χ2n) is 5.74. The highest BCUT2D eigenvalue weighted by Gasteiger charge is 2.31. The molecule has 6 heteroatoms. The van der Waals surface area contributed by atoms with Crippen LogP contribution in [0.3, 0.4) is 0 Å². The molecule has 0 bridgehead atoms. The van der Waals surface area contributed by atoms with E-state index >= 15 is 0 Å². The lowest BCUT2D eigenvalue weighted by molar-refractivity contribution is -0.143. The summed E-state index contributed by atoms with van der Waals surface area (Å²) in [6.07, 6.45) is 5.62. The van der Waals surface area contributed by atoms with Crippen molar-refractivity contribution in [3.63, 3.8) is 0 Å². The maximum atomic E-state index is 12.3. The van der Waals surface area contributed by atoms with Gasteiger partial charge in [-0.15, -0.1) is 0 Å². The van der Waals surface area contributed by atoms with Gasteiger partial charge in [0, 0.05) is 20.2 Å². The van der Waals surface area contributed by atoms with E-state index < -0.39 is 11.9 Å². The third kappa shape index (κ3) is 3.62. The topological polar surface area (TPSA) is 78.9 Å². The third-order valence-electron chi connectivity index (χ3n) is 4.37. The summed E-state index contributed by atoms with van der Waals surface area (Å²) in [5, 5.41) is 12.1. The van der Waals surface area contributed by atoms with E-state index in [0.29, 0.717) is 19.5 Å². The van der Waals surface area contributed by atoms with Crippen LogP contribution in [0.15, 0.2) is 0 Å². The van der Waals surface area contributed by atoms with Gasteiger partial charge >= 0.3 is 12.0 Å². The van der Waals surface area contributed by atoms with Crippen LogP contribution in [0.1, 0.15) is 38.5 Å². The number of carbonyl (C=O) groups is 2. The van der Waals surface area contributed by atoms with Crippen LogP contribution in [0, 0.1) is 5.92 Å². The molecule has 0 spiro atoms. The maximum absolute atomic E-state index is 12.3. The number of likely N-dealkylation sites (tertiary alicyclic amines) is 1. The van der Waals surface area contributed by atoms with Crippen LogP contribution < -0.4 is 5.32 Å². The van der Waals surface area contributed by atoms with E-state index in [-0.39, 0.29) is 18.2 Å². The standard InChI is InChI=1S/C14H24N2O4/c1-20-12-7-3-2-6-11(12)15-14(19)16-8-4-5-10(9-16)13(17)18/h10-12H,2-9H2,1H3,(H,15,19)(H,17,18)/t10?,11-,12-/m1/s1. The first-order chi connectivity index (χ1) is 9.61. The molecule has 1 unspecified atom stereocenters. The minimum atomic E-state index is -0.810. The number of hydrogen-bond donors (Lipinski definition) is 2. The molecule has 2 rings (SSSR count). The number of amides is 2. The van der Waals surface area contributed by atoms with Gasteiger partial charge in [0.05, 0.1) is 18.1 Å². The number of carbonyl (C=O) groups excluding carboxylic acids is 1. The van der Waals surface area contributed by atoms with E-state index in [4.69, 9.17) is 9.84 Å². The number of methoxy groups -OCH3 is 1. The molecule has 3 atom stereocenters. The summed E-state index contributed by atoms with van der Waals surface area (Å²) >= 11 is 0. The van der Waals surface area contributed by atoms with Crippen LogP contribution in [-0.2, 0) is 9.53 Å². The van der Waals surface area contributed by atoms with Crippen molar-refractivity contribution in [2.45, 2.75) is 50.7 Å². The number of rotatable bonds is 3. The van der Waals surface area contributed by atoms with Crippen molar-refractivity contribution in [2.75, 3.05) is 20.2 Å². The number of carboxylic acids is 1. The smallest absolute Gasteiger partial charge is 0.317 e. The second-order valence-corrected chi connectivity index (χ2v) is 5.74. The minimum absolute atomic E-state index is 0.0476. The Morgan fingerprint density at radius 1 is 1.20 bits per heavy atom. The number of hydrogen-bond acceptors (Lipinski definition) is 3. The molecular formula is C14H24N2O4. The second kappa shape index (κ2) is 6.92. The highest BCUT2D eigenvalue weighted by molar-refractivity contribution is 5.76. The normalized spacial score (nSPS) is 30.9. The molecule has 1 aliphatic carbocycles. The summed E-state index contributed by atoms with van der Waals surface area (Å²) in [4.78, 5) is 24.9. The zero-order chi connectivity index (χ0) is 14.5. The maximum Gasteiger partial charge on any atom is 0.317 e. The zero-order valence-corrected chi connectivity index (χ0v) is 12.0. The van der Waals surface area contributed by atoms with Gasteiger partial charge < -0.3 is 20.1 Å². The summed E-state index contributed by atoms with van der Waals surface area (Å²) in [7, 11) is 1.68. The molecule has 2 N–H and O–H groups in total. The molecular weight excluding hydrogens is 260 g/mol. The molecule has 1 saturated heterocycles. The van der Waals surface area contributed by atoms with Crippen LogP contribution in [0.25, 0.3) is 0 Å². The van der Waals surface area contributed by atoms with Crippen molar-refractivity contribution in [1.82, 2.24) is 10.2 Å². The first-order valence-electron chi connectivity index (χ1n) is 7.43. The molecule has 114 valence electrons. The van der Waals surface area contributed by atoms with Gasteiger partial charge in [-0.1, -0.05) is 12.8 Å². The highest BCUT2D eigenvalue weighted by Crippen LogP contribution is 2.22. The predicted octanol–water partition coefficient (Wildman–Crippen LogP) is 1.45. The lowest BCUT2D eigenvalue weighted by atomic mass is 9.92. The SMILES string of the molecule is CO[C@@H]1CCCC[C@H]1NC(=O)N1CCCC(C(=O)O)C1. The van der Waals surface area contributed by atoms with Crippen molar-refractivity contribution in [3.05, 3.63) is 0 Å². The largest absolute Gasteiger partial charge is 0.481 e. The number of aliphatic carboxylic acids is 1. The Kier molecular flexibility index (Phi) is 5.23. The molecule has 0 aromatic rings. The fraction of sp³-hybridized carbons (Fsp3) is 0.857. The zero-order valence-electron chi connectivity index (χ0n) is 12.0. The van der Waals surface area contributed by atoms with E-state index in [9.17, 15) is 9.59 Å². The Balaban J connectivity index is 1.88. The van der Waals surface area contributed by atoms with E-state index in [2.05, 4.69) is 5.32 Å². The number of nitrogens with one attached hydrogen (secondary N) is 1. The van der Waals surface area contributed by atoms with Gasteiger partial charge in [-0.05, 0) is 25.7 Å². The lowest BCUT2D eigenvalue weighted by Gasteiger charge is -2.35. The summed E-state index contributed by atoms with van der Waals surface area (Å²) in [6, 6.07) is -0.101. The van der Waals surface area contributed by atoms with Gasteiger partial charge in [-0.3, -0.25) is 4.79 Å². The predicted molar refractivity (Wildman–Crippen MR) is 73.5 cm³/mol. The Labute approximate surface area is 119 Å². The molecule has 0 aromatic carbocycles. The quantitative estimate of drug-likeness (QED) is 0.822. The van der Waals surface area contributed by atoms with Crippen LogP contribution >= 0.6 is 0 Å². The van der Waals surface area contributed by atoms with E-state index in [0.717, 1.165) is 32.1 Å². The first kappa shape index (κ1) is 15.1. The monoisotopic (exact) mass is 284 g/mol. The number of ether oxygens (including phenoxy) is 1. The van der Waals surface area contributed by atoms with Crippen molar-refractivity contribution in [2.24, 2.45) is 5.92 Å². The van der Waals surface area contributed by atoms with Crippen molar-refractivity contribution in [1.29, 1.82) is 0 Å². The molecule has 2 aliphatic rings. The number of urea groups is 1. The third-order valence-corrected chi connectivity index (χ3v) is 4.37. The van der Waals surface area contributed by atoms with Gasteiger partial charge in [0.25, 0.3) is 0 Å². The van der Waals surface area contributed by atoms with Crippen molar-refractivity contribution in [3.8, 4) is 0 Å². The summed E-state index contributed by atoms with van der Waals surface area (Å²) in [6.45, 7) is 0.950. The van der Waals surface area contributed by atoms with E-state index in [1.54, 1.807) is 12.0 Å². The molecule has 1 heterocycles.